The zero-order valence-corrected chi connectivity index (χ0v) is 13.8. The molecule has 0 bridgehead atoms. The van der Waals surface area contributed by atoms with Crippen LogP contribution in [0, 0.1) is 5.92 Å². The summed E-state index contributed by atoms with van der Waals surface area (Å²) < 4.78 is 13.3. The number of likely N-dealkylation sites (tertiary alicyclic amines) is 1. The van der Waals surface area contributed by atoms with Crippen molar-refractivity contribution < 1.29 is 9.18 Å². The maximum Gasteiger partial charge on any atom is 0.226 e. The predicted octanol–water partition coefficient (Wildman–Crippen LogP) is 2.27. The molecule has 22 heavy (non-hydrogen) atoms. The molecule has 2 nitrogen and oxygen atoms in total. The largest absolute Gasteiger partial charge is 0.339 e. The lowest BCUT2D eigenvalue weighted by Crippen LogP contribution is -2.40. The van der Waals surface area contributed by atoms with E-state index < -0.39 is 6.17 Å². The van der Waals surface area contributed by atoms with Gasteiger partial charge in [0.1, 0.15) is 14.0 Å². The Hall–Kier alpha value is -1.03. The molecule has 1 aliphatic heterocycles. The lowest BCUT2D eigenvalue weighted by Gasteiger charge is -2.32. The Morgan fingerprint density at radius 2 is 1.95 bits per heavy atom. The first-order valence-corrected chi connectivity index (χ1v) is 8.62. The molecule has 0 radical (unpaired) electrons. The third-order valence-corrected chi connectivity index (χ3v) is 5.44. The van der Waals surface area contributed by atoms with Gasteiger partial charge in [-0.2, -0.15) is 0 Å². The molecule has 3 rings (SSSR count). The molecule has 1 aromatic carbocycles. The molecule has 118 valence electrons. The van der Waals surface area contributed by atoms with Crippen molar-refractivity contribution in [1.82, 2.24) is 4.90 Å². The fourth-order valence-electron chi connectivity index (χ4n) is 3.75. The normalized spacial score (nSPS) is 29.1. The van der Waals surface area contributed by atoms with Crippen LogP contribution in [0.2, 0.25) is 5.02 Å². The highest BCUT2D eigenvalue weighted by Gasteiger charge is 2.37. The molecule has 5 heteroatoms. The molecule has 1 atom stereocenters. The number of nitrogens with zero attached hydrogens (tertiary/aromatic N) is 1. The summed E-state index contributed by atoms with van der Waals surface area (Å²) in [5.74, 6) is 0.266. The van der Waals surface area contributed by atoms with E-state index in [-0.39, 0.29) is 17.9 Å². The summed E-state index contributed by atoms with van der Waals surface area (Å²) in [6.07, 6.45) is 3.75. The Morgan fingerprint density at radius 1 is 1.23 bits per heavy atom. The molecule has 1 saturated heterocycles. The van der Waals surface area contributed by atoms with Gasteiger partial charge >= 0.3 is 0 Å². The summed E-state index contributed by atoms with van der Waals surface area (Å²) >= 11 is 6.29. The second kappa shape index (κ2) is 6.61. The molecular weight excluding hydrogens is 299 g/mol. The van der Waals surface area contributed by atoms with Crippen molar-refractivity contribution in [1.29, 1.82) is 0 Å². The van der Waals surface area contributed by atoms with Crippen LogP contribution in [0.25, 0.3) is 0 Å². The average Bonchev–Trinajstić information content (AvgIpc) is 2.84. The number of halogens is 2. The molecule has 1 heterocycles. The summed E-state index contributed by atoms with van der Waals surface area (Å²) in [4.78, 5) is 14.7. The molecular formula is C17H22BClFNO. The first-order chi connectivity index (χ1) is 10.5. The number of carbonyl (C=O) groups is 1. The Balaban J connectivity index is 1.63. The topological polar surface area (TPSA) is 20.3 Å². The van der Waals surface area contributed by atoms with Gasteiger partial charge in [0.25, 0.3) is 0 Å². The minimum atomic E-state index is -0.670. The number of hydrogen-bond donors (Lipinski definition) is 0. The van der Waals surface area contributed by atoms with Crippen molar-refractivity contribution in [2.24, 2.45) is 5.92 Å². The van der Waals surface area contributed by atoms with Gasteiger partial charge in [-0.15, -0.1) is 0 Å². The second-order valence-corrected chi connectivity index (χ2v) is 7.13. The van der Waals surface area contributed by atoms with Gasteiger partial charge in [0.05, 0.1) is 0 Å². The molecule has 1 unspecified atom stereocenters. The van der Waals surface area contributed by atoms with Gasteiger partial charge < -0.3 is 4.90 Å². The van der Waals surface area contributed by atoms with Gasteiger partial charge in [-0.05, 0) is 50.2 Å². The van der Waals surface area contributed by atoms with Gasteiger partial charge in [-0.25, -0.2) is 4.39 Å². The first-order valence-electron chi connectivity index (χ1n) is 8.24. The molecule has 2 aliphatic rings. The fraction of sp³-hybridized carbons (Fsp3) is 0.588. The molecule has 0 spiro atoms. The summed E-state index contributed by atoms with van der Waals surface area (Å²) in [7, 11) is 2.01. The van der Waals surface area contributed by atoms with Crippen LogP contribution in [0.4, 0.5) is 4.39 Å². The Labute approximate surface area is 137 Å². The van der Waals surface area contributed by atoms with Crippen molar-refractivity contribution in [3.05, 3.63) is 28.8 Å². The van der Waals surface area contributed by atoms with Crippen molar-refractivity contribution in [3.8, 4) is 0 Å². The third kappa shape index (κ3) is 3.32. The lowest BCUT2D eigenvalue weighted by molar-refractivity contribution is -0.133. The number of alkyl halides is 1. The minimum Gasteiger partial charge on any atom is -0.339 e. The van der Waals surface area contributed by atoms with E-state index in [2.05, 4.69) is 0 Å². The van der Waals surface area contributed by atoms with Crippen molar-refractivity contribution in [2.75, 3.05) is 6.54 Å². The minimum absolute atomic E-state index is 0.0308. The Kier molecular flexibility index (Phi) is 4.77. The number of rotatable bonds is 3. The van der Waals surface area contributed by atoms with Crippen LogP contribution < -0.4 is 5.46 Å². The SMILES string of the molecule is Bc1ccc(CC2CCN(C3CCC(F)CC3)C2=O)c(Cl)c1. The maximum absolute atomic E-state index is 13.3. The molecule has 1 aromatic rings. The number of hydrogen-bond acceptors (Lipinski definition) is 1. The van der Waals surface area contributed by atoms with Crippen LogP contribution in [-0.2, 0) is 11.2 Å². The van der Waals surface area contributed by atoms with E-state index in [1.807, 2.05) is 30.9 Å². The van der Waals surface area contributed by atoms with Crippen LogP contribution in [-0.4, -0.2) is 37.4 Å². The van der Waals surface area contributed by atoms with E-state index >= 15 is 0 Å². The highest BCUT2D eigenvalue weighted by molar-refractivity contribution is 6.36. The van der Waals surface area contributed by atoms with E-state index in [1.165, 1.54) is 0 Å². The summed E-state index contributed by atoms with van der Waals surface area (Å²) in [6.45, 7) is 0.814. The van der Waals surface area contributed by atoms with E-state index in [4.69, 9.17) is 11.6 Å². The predicted molar refractivity (Wildman–Crippen MR) is 90.3 cm³/mol. The van der Waals surface area contributed by atoms with Crippen molar-refractivity contribution in [2.45, 2.75) is 50.7 Å². The quantitative estimate of drug-likeness (QED) is 0.782. The summed E-state index contributed by atoms with van der Waals surface area (Å²) in [5.41, 5.74) is 2.19. The molecule has 2 fully saturated rings. The highest BCUT2D eigenvalue weighted by atomic mass is 35.5. The van der Waals surface area contributed by atoms with Crippen LogP contribution in [0.15, 0.2) is 18.2 Å². The Morgan fingerprint density at radius 3 is 2.64 bits per heavy atom. The van der Waals surface area contributed by atoms with Gasteiger partial charge in [0.15, 0.2) is 0 Å². The van der Waals surface area contributed by atoms with Crippen LogP contribution in [0.5, 0.6) is 0 Å². The van der Waals surface area contributed by atoms with Crippen LogP contribution in [0.1, 0.15) is 37.7 Å². The van der Waals surface area contributed by atoms with Crippen LogP contribution >= 0.6 is 11.6 Å². The lowest BCUT2D eigenvalue weighted by atomic mass is 9.91. The maximum atomic E-state index is 13.3. The zero-order chi connectivity index (χ0) is 15.7. The van der Waals surface area contributed by atoms with E-state index in [0.717, 1.165) is 41.9 Å². The van der Waals surface area contributed by atoms with Crippen molar-refractivity contribution >= 4 is 30.8 Å². The van der Waals surface area contributed by atoms with Gasteiger partial charge in [0, 0.05) is 23.5 Å². The highest BCUT2D eigenvalue weighted by Crippen LogP contribution is 2.32. The monoisotopic (exact) mass is 321 g/mol. The average molecular weight is 322 g/mol. The number of carbonyl (C=O) groups excluding carboxylic acids is 1. The number of amides is 1. The van der Waals surface area contributed by atoms with Gasteiger partial charge in [-0.1, -0.05) is 29.2 Å². The molecule has 1 aliphatic carbocycles. The van der Waals surface area contributed by atoms with Gasteiger partial charge in [-0.3, -0.25) is 4.79 Å². The third-order valence-electron chi connectivity index (χ3n) is 5.09. The van der Waals surface area contributed by atoms with Crippen LogP contribution in [0.3, 0.4) is 0 Å². The van der Waals surface area contributed by atoms with E-state index in [1.54, 1.807) is 0 Å². The summed E-state index contributed by atoms with van der Waals surface area (Å²) in [5, 5.41) is 0.754. The molecule has 1 amide bonds. The molecule has 0 aromatic heterocycles. The fourth-order valence-corrected chi connectivity index (χ4v) is 4.06. The molecule has 0 N–H and O–H groups in total. The van der Waals surface area contributed by atoms with Crippen molar-refractivity contribution in [3.63, 3.8) is 0 Å². The standard InChI is InChI=1S/C17H22BClFNO/c18-13-2-1-11(16(19)10-13)9-12-7-8-21(17(12)22)15-5-3-14(20)4-6-15/h1-2,10,12,14-15H,3-9,18H2. The van der Waals surface area contributed by atoms with E-state index in [9.17, 15) is 9.18 Å². The first kappa shape index (κ1) is 15.9. The zero-order valence-electron chi connectivity index (χ0n) is 13.0. The van der Waals surface area contributed by atoms with Gasteiger partial charge in [0.2, 0.25) is 5.91 Å². The second-order valence-electron chi connectivity index (χ2n) is 6.72. The molecule has 1 saturated carbocycles. The number of benzene rings is 1. The smallest absolute Gasteiger partial charge is 0.226 e. The summed E-state index contributed by atoms with van der Waals surface area (Å²) in [6, 6.07) is 6.28. The van der Waals surface area contributed by atoms with E-state index in [0.29, 0.717) is 19.3 Å². The Bertz CT molecular complexity index is 560.